The Bertz CT molecular complexity index is 637. The minimum atomic E-state index is -0.288. The monoisotopic (exact) mass is 416 g/mol. The van der Waals surface area contributed by atoms with E-state index in [2.05, 4.69) is 37.3 Å². The predicted octanol–water partition coefficient (Wildman–Crippen LogP) is 4.11. The standard InChI is InChI=1S/C15H15Br2FN2O/c1-21-15-5-2-9(6-13(15)17)7-14(20-19)11-8-10(18)3-4-12(11)16/h2-6,8,14,20H,7,19H2,1H3. The van der Waals surface area contributed by atoms with Crippen molar-refractivity contribution in [1.82, 2.24) is 5.43 Å². The van der Waals surface area contributed by atoms with Crippen molar-refractivity contribution in [2.75, 3.05) is 7.11 Å². The van der Waals surface area contributed by atoms with Crippen molar-refractivity contribution in [1.29, 1.82) is 0 Å². The highest BCUT2D eigenvalue weighted by molar-refractivity contribution is 9.10. The molecule has 2 rings (SSSR count). The molecule has 3 N–H and O–H groups in total. The van der Waals surface area contributed by atoms with Gasteiger partial charge >= 0.3 is 0 Å². The number of methoxy groups -OCH3 is 1. The van der Waals surface area contributed by atoms with E-state index in [1.54, 1.807) is 13.2 Å². The van der Waals surface area contributed by atoms with Crippen molar-refractivity contribution in [3.05, 3.63) is 62.3 Å². The summed E-state index contributed by atoms with van der Waals surface area (Å²) in [4.78, 5) is 0. The number of hydrogen-bond donors (Lipinski definition) is 2. The highest BCUT2D eigenvalue weighted by atomic mass is 79.9. The van der Waals surface area contributed by atoms with Gasteiger partial charge in [0.05, 0.1) is 17.6 Å². The zero-order valence-electron chi connectivity index (χ0n) is 11.4. The fourth-order valence-electron chi connectivity index (χ4n) is 2.11. The Kier molecular flexibility index (Phi) is 5.75. The third kappa shape index (κ3) is 4.03. The van der Waals surface area contributed by atoms with Crippen molar-refractivity contribution in [2.45, 2.75) is 12.5 Å². The average molecular weight is 418 g/mol. The fraction of sp³-hybridized carbons (Fsp3) is 0.200. The van der Waals surface area contributed by atoms with Crippen molar-refractivity contribution in [3.63, 3.8) is 0 Å². The molecule has 0 aliphatic heterocycles. The van der Waals surface area contributed by atoms with E-state index in [-0.39, 0.29) is 11.9 Å². The van der Waals surface area contributed by atoms with Gasteiger partial charge in [0, 0.05) is 4.47 Å². The summed E-state index contributed by atoms with van der Waals surface area (Å²) in [6.07, 6.45) is 0.626. The molecule has 0 aliphatic rings. The van der Waals surface area contributed by atoms with E-state index >= 15 is 0 Å². The Labute approximate surface area is 139 Å². The Balaban J connectivity index is 2.26. The van der Waals surface area contributed by atoms with Crippen LogP contribution in [-0.2, 0) is 6.42 Å². The molecule has 3 nitrogen and oxygen atoms in total. The molecule has 0 radical (unpaired) electrons. The number of hydrazine groups is 1. The van der Waals surface area contributed by atoms with Gasteiger partial charge < -0.3 is 4.74 Å². The van der Waals surface area contributed by atoms with E-state index in [1.165, 1.54) is 12.1 Å². The van der Waals surface area contributed by atoms with Gasteiger partial charge in [0.2, 0.25) is 0 Å². The van der Waals surface area contributed by atoms with Gasteiger partial charge in [-0.2, -0.15) is 0 Å². The van der Waals surface area contributed by atoms with Gasteiger partial charge in [-0.05, 0) is 63.8 Å². The van der Waals surface area contributed by atoms with Crippen LogP contribution < -0.4 is 16.0 Å². The highest BCUT2D eigenvalue weighted by Crippen LogP contribution is 2.30. The highest BCUT2D eigenvalue weighted by Gasteiger charge is 2.15. The molecule has 2 aromatic rings. The topological polar surface area (TPSA) is 47.3 Å². The zero-order valence-corrected chi connectivity index (χ0v) is 14.5. The number of rotatable bonds is 5. The molecule has 1 atom stereocenters. The molecule has 2 aromatic carbocycles. The smallest absolute Gasteiger partial charge is 0.133 e. The summed E-state index contributed by atoms with van der Waals surface area (Å²) < 4.78 is 20.3. The quantitative estimate of drug-likeness (QED) is 0.568. The van der Waals surface area contributed by atoms with Crippen molar-refractivity contribution < 1.29 is 9.13 Å². The minimum absolute atomic E-state index is 0.199. The number of nitrogens with two attached hydrogens (primary N) is 1. The molecular formula is C15H15Br2FN2O. The van der Waals surface area contributed by atoms with Crippen LogP contribution in [0.25, 0.3) is 0 Å². The van der Waals surface area contributed by atoms with E-state index in [4.69, 9.17) is 10.6 Å². The van der Waals surface area contributed by atoms with Gasteiger partial charge in [-0.3, -0.25) is 11.3 Å². The number of benzene rings is 2. The van der Waals surface area contributed by atoms with Gasteiger partial charge in [-0.25, -0.2) is 4.39 Å². The van der Waals surface area contributed by atoms with E-state index in [1.807, 2.05) is 18.2 Å². The molecule has 0 spiro atoms. The number of nitrogens with one attached hydrogen (secondary N) is 1. The summed E-state index contributed by atoms with van der Waals surface area (Å²) >= 11 is 6.89. The Morgan fingerprint density at radius 1 is 1.19 bits per heavy atom. The maximum absolute atomic E-state index is 13.4. The second-order valence-electron chi connectivity index (χ2n) is 4.56. The number of halogens is 3. The second-order valence-corrected chi connectivity index (χ2v) is 6.27. The lowest BCUT2D eigenvalue weighted by molar-refractivity contribution is 0.412. The first-order valence-corrected chi connectivity index (χ1v) is 7.87. The molecule has 0 fully saturated rings. The molecule has 0 amide bonds. The summed E-state index contributed by atoms with van der Waals surface area (Å²) in [5.74, 6) is 6.12. The number of ether oxygens (including phenoxy) is 1. The van der Waals surface area contributed by atoms with Gasteiger partial charge in [0.25, 0.3) is 0 Å². The van der Waals surface area contributed by atoms with Crippen LogP contribution in [0.3, 0.4) is 0 Å². The third-order valence-electron chi connectivity index (χ3n) is 3.19. The largest absolute Gasteiger partial charge is 0.496 e. The zero-order chi connectivity index (χ0) is 15.4. The Morgan fingerprint density at radius 2 is 1.95 bits per heavy atom. The molecule has 6 heteroatoms. The molecular weight excluding hydrogens is 403 g/mol. The van der Waals surface area contributed by atoms with Crippen molar-refractivity contribution >= 4 is 31.9 Å². The van der Waals surface area contributed by atoms with Crippen LogP contribution in [0.5, 0.6) is 5.75 Å². The summed E-state index contributed by atoms with van der Waals surface area (Å²) in [6.45, 7) is 0. The normalized spacial score (nSPS) is 12.2. The molecule has 0 heterocycles. The van der Waals surface area contributed by atoms with Crippen LogP contribution >= 0.6 is 31.9 Å². The minimum Gasteiger partial charge on any atom is -0.496 e. The molecule has 0 bridgehead atoms. The SMILES string of the molecule is COc1ccc(CC(NN)c2cc(F)ccc2Br)cc1Br. The molecule has 21 heavy (non-hydrogen) atoms. The van der Waals surface area contributed by atoms with E-state index in [0.717, 1.165) is 25.8 Å². The van der Waals surface area contributed by atoms with Crippen molar-refractivity contribution in [2.24, 2.45) is 5.84 Å². The summed E-state index contributed by atoms with van der Waals surface area (Å²) in [7, 11) is 1.62. The molecule has 1 unspecified atom stereocenters. The maximum Gasteiger partial charge on any atom is 0.133 e. The molecule has 0 aromatic heterocycles. The Morgan fingerprint density at radius 3 is 2.57 bits per heavy atom. The average Bonchev–Trinajstić information content (AvgIpc) is 2.47. The van der Waals surface area contributed by atoms with E-state index in [9.17, 15) is 4.39 Å². The molecule has 0 saturated carbocycles. The lowest BCUT2D eigenvalue weighted by Gasteiger charge is -2.18. The van der Waals surface area contributed by atoms with E-state index < -0.39 is 0 Å². The van der Waals surface area contributed by atoms with Crippen LogP contribution in [0, 0.1) is 5.82 Å². The fourth-order valence-corrected chi connectivity index (χ4v) is 3.22. The van der Waals surface area contributed by atoms with E-state index in [0.29, 0.717) is 6.42 Å². The summed E-state index contributed by atoms with van der Waals surface area (Å²) in [6, 6.07) is 10.2. The van der Waals surface area contributed by atoms with Crippen LogP contribution in [0.4, 0.5) is 4.39 Å². The first kappa shape index (κ1) is 16.4. The summed E-state index contributed by atoms with van der Waals surface area (Å²) in [5, 5.41) is 0. The maximum atomic E-state index is 13.4. The third-order valence-corrected chi connectivity index (χ3v) is 4.53. The molecule has 0 saturated heterocycles. The molecule has 112 valence electrons. The van der Waals surface area contributed by atoms with Gasteiger partial charge in [0.1, 0.15) is 11.6 Å². The van der Waals surface area contributed by atoms with Gasteiger partial charge in [-0.15, -0.1) is 0 Å². The van der Waals surface area contributed by atoms with Crippen molar-refractivity contribution in [3.8, 4) is 5.75 Å². The predicted molar refractivity (Wildman–Crippen MR) is 88.6 cm³/mol. The van der Waals surface area contributed by atoms with Gasteiger partial charge in [-0.1, -0.05) is 22.0 Å². The molecule has 0 aliphatic carbocycles. The first-order valence-electron chi connectivity index (χ1n) is 6.28. The number of hydrogen-bond acceptors (Lipinski definition) is 3. The lowest BCUT2D eigenvalue weighted by Crippen LogP contribution is -2.30. The lowest BCUT2D eigenvalue weighted by atomic mass is 9.99. The van der Waals surface area contributed by atoms with Crippen LogP contribution in [0.2, 0.25) is 0 Å². The summed E-state index contributed by atoms with van der Waals surface area (Å²) in [5.41, 5.74) is 4.58. The van der Waals surface area contributed by atoms with Crippen LogP contribution in [0.1, 0.15) is 17.2 Å². The van der Waals surface area contributed by atoms with Gasteiger partial charge in [0.15, 0.2) is 0 Å². The van der Waals surface area contributed by atoms with Crippen LogP contribution in [0.15, 0.2) is 45.3 Å². The Hall–Kier alpha value is -0.950. The first-order chi connectivity index (χ1) is 10.0. The van der Waals surface area contributed by atoms with Crippen LogP contribution in [-0.4, -0.2) is 7.11 Å². The second kappa shape index (κ2) is 7.35.